The molecule has 0 aliphatic heterocycles. The lowest BCUT2D eigenvalue weighted by molar-refractivity contribution is -0.384. The Balaban J connectivity index is 1.82. The second-order valence-electron chi connectivity index (χ2n) is 4.89. The van der Waals surface area contributed by atoms with E-state index < -0.39 is 10.8 Å². The van der Waals surface area contributed by atoms with E-state index in [1.54, 1.807) is 6.07 Å². The van der Waals surface area contributed by atoms with Crippen molar-refractivity contribution in [3.05, 3.63) is 80.0 Å². The standard InChI is InChI=1S/C17H11ClN2O3S2/c18-16-13(20(22)23)10-15(25-16)17(21)19-12-8-4-5-9-14(12)24-11-6-2-1-3-7-11/h1-10H,(H,19,21). The van der Waals surface area contributed by atoms with E-state index in [1.807, 2.05) is 48.5 Å². The van der Waals surface area contributed by atoms with Crippen LogP contribution in [-0.2, 0) is 0 Å². The molecule has 1 heterocycles. The molecular formula is C17H11ClN2O3S2. The third-order valence-electron chi connectivity index (χ3n) is 3.20. The van der Waals surface area contributed by atoms with Crippen molar-refractivity contribution in [3.8, 4) is 0 Å². The van der Waals surface area contributed by atoms with Gasteiger partial charge in [-0.15, -0.1) is 11.3 Å². The lowest BCUT2D eigenvalue weighted by atomic mass is 10.3. The number of nitro groups is 1. The summed E-state index contributed by atoms with van der Waals surface area (Å²) < 4.78 is -0.0119. The Kier molecular flexibility index (Phi) is 5.37. The van der Waals surface area contributed by atoms with Gasteiger partial charge >= 0.3 is 0 Å². The van der Waals surface area contributed by atoms with Gasteiger partial charge in [0, 0.05) is 15.9 Å². The SMILES string of the molecule is O=C(Nc1ccccc1Sc1ccccc1)c1cc([N+](=O)[O-])c(Cl)s1. The predicted octanol–water partition coefficient (Wildman–Crippen LogP) is 5.71. The Morgan fingerprint density at radius 3 is 2.48 bits per heavy atom. The fourth-order valence-corrected chi connectivity index (χ4v) is 4.09. The Labute approximate surface area is 156 Å². The minimum absolute atomic E-state index is 0.0119. The second kappa shape index (κ2) is 7.69. The molecule has 2 aromatic carbocycles. The fraction of sp³-hybridized carbons (Fsp3) is 0. The van der Waals surface area contributed by atoms with Crippen LogP contribution in [0.2, 0.25) is 4.34 Å². The topological polar surface area (TPSA) is 72.2 Å². The Morgan fingerprint density at radius 2 is 1.80 bits per heavy atom. The number of amides is 1. The number of hydrogen-bond acceptors (Lipinski definition) is 5. The number of nitrogens with zero attached hydrogens (tertiary/aromatic N) is 1. The van der Waals surface area contributed by atoms with E-state index in [0.717, 1.165) is 21.1 Å². The van der Waals surface area contributed by atoms with Gasteiger partial charge in [-0.05, 0) is 24.3 Å². The number of para-hydroxylation sites is 1. The van der Waals surface area contributed by atoms with Gasteiger partial charge < -0.3 is 5.32 Å². The van der Waals surface area contributed by atoms with Crippen LogP contribution in [0.25, 0.3) is 0 Å². The third kappa shape index (κ3) is 4.19. The average molecular weight is 391 g/mol. The molecule has 0 fully saturated rings. The molecule has 0 spiro atoms. The first kappa shape index (κ1) is 17.5. The first-order valence-corrected chi connectivity index (χ1v) is 9.12. The largest absolute Gasteiger partial charge is 0.320 e. The molecule has 5 nitrogen and oxygen atoms in total. The molecule has 0 radical (unpaired) electrons. The van der Waals surface area contributed by atoms with Crippen molar-refractivity contribution >= 4 is 52.0 Å². The highest BCUT2D eigenvalue weighted by Crippen LogP contribution is 2.36. The number of hydrogen-bond donors (Lipinski definition) is 1. The van der Waals surface area contributed by atoms with Crippen molar-refractivity contribution in [1.82, 2.24) is 0 Å². The summed E-state index contributed by atoms with van der Waals surface area (Å²) in [7, 11) is 0. The van der Waals surface area contributed by atoms with Crippen LogP contribution in [0.15, 0.2) is 70.5 Å². The molecule has 3 aromatic rings. The lowest BCUT2D eigenvalue weighted by Crippen LogP contribution is -2.10. The smallest absolute Gasteiger partial charge is 0.299 e. The molecule has 8 heteroatoms. The summed E-state index contributed by atoms with van der Waals surface area (Å²) in [5.74, 6) is -0.430. The summed E-state index contributed by atoms with van der Waals surface area (Å²) in [5.41, 5.74) is 0.372. The number of rotatable bonds is 5. The zero-order valence-electron chi connectivity index (χ0n) is 12.6. The van der Waals surface area contributed by atoms with Crippen molar-refractivity contribution in [1.29, 1.82) is 0 Å². The van der Waals surface area contributed by atoms with E-state index in [2.05, 4.69) is 5.32 Å². The molecule has 0 unspecified atom stereocenters. The van der Waals surface area contributed by atoms with Gasteiger partial charge in [0.15, 0.2) is 4.34 Å². The van der Waals surface area contributed by atoms with Gasteiger partial charge in [0.25, 0.3) is 11.6 Å². The van der Waals surface area contributed by atoms with Gasteiger partial charge in [-0.1, -0.05) is 53.7 Å². The molecule has 1 N–H and O–H groups in total. The van der Waals surface area contributed by atoms with E-state index in [-0.39, 0.29) is 14.9 Å². The van der Waals surface area contributed by atoms with Gasteiger partial charge in [0.05, 0.1) is 10.6 Å². The maximum atomic E-state index is 12.4. The maximum absolute atomic E-state index is 12.4. The Morgan fingerprint density at radius 1 is 1.12 bits per heavy atom. The van der Waals surface area contributed by atoms with E-state index in [9.17, 15) is 14.9 Å². The highest BCUT2D eigenvalue weighted by Gasteiger charge is 2.21. The summed E-state index contributed by atoms with van der Waals surface area (Å²) in [5, 5.41) is 13.7. The first-order valence-electron chi connectivity index (χ1n) is 7.11. The maximum Gasteiger partial charge on any atom is 0.299 e. The first-order chi connectivity index (χ1) is 12.0. The number of benzene rings is 2. The summed E-state index contributed by atoms with van der Waals surface area (Å²) in [6.07, 6.45) is 0. The molecule has 1 aromatic heterocycles. The van der Waals surface area contributed by atoms with Crippen LogP contribution in [0.1, 0.15) is 9.67 Å². The number of carbonyl (C=O) groups is 1. The van der Waals surface area contributed by atoms with Crippen LogP contribution in [0.4, 0.5) is 11.4 Å². The summed E-state index contributed by atoms with van der Waals surface area (Å²) in [6.45, 7) is 0. The van der Waals surface area contributed by atoms with Gasteiger partial charge in [-0.25, -0.2) is 0 Å². The highest BCUT2D eigenvalue weighted by atomic mass is 35.5. The minimum Gasteiger partial charge on any atom is -0.320 e. The van der Waals surface area contributed by atoms with Crippen molar-refractivity contribution in [2.75, 3.05) is 5.32 Å². The van der Waals surface area contributed by atoms with E-state index in [0.29, 0.717) is 5.69 Å². The number of thiophene rings is 1. The van der Waals surface area contributed by atoms with Crippen LogP contribution in [0.5, 0.6) is 0 Å². The van der Waals surface area contributed by atoms with Crippen LogP contribution in [0.3, 0.4) is 0 Å². The van der Waals surface area contributed by atoms with Crippen LogP contribution in [-0.4, -0.2) is 10.8 Å². The Hall–Kier alpha value is -2.35. The van der Waals surface area contributed by atoms with Gasteiger partial charge in [-0.2, -0.15) is 0 Å². The summed E-state index contributed by atoms with van der Waals surface area (Å²) >= 11 is 8.22. The fourth-order valence-electron chi connectivity index (χ4n) is 2.05. The van der Waals surface area contributed by atoms with E-state index >= 15 is 0 Å². The highest BCUT2D eigenvalue weighted by molar-refractivity contribution is 7.99. The zero-order chi connectivity index (χ0) is 17.8. The summed E-state index contributed by atoms with van der Waals surface area (Å²) in [6, 6.07) is 18.3. The van der Waals surface area contributed by atoms with Crippen LogP contribution < -0.4 is 5.32 Å². The summed E-state index contributed by atoms with van der Waals surface area (Å²) in [4.78, 5) is 24.8. The van der Waals surface area contributed by atoms with E-state index in [4.69, 9.17) is 11.6 Å². The molecule has 0 aliphatic rings. The molecule has 0 atom stereocenters. The molecule has 126 valence electrons. The van der Waals surface area contributed by atoms with Gasteiger partial charge in [0.1, 0.15) is 4.88 Å². The number of carbonyl (C=O) groups excluding carboxylic acids is 1. The lowest BCUT2D eigenvalue weighted by Gasteiger charge is -2.10. The minimum atomic E-state index is -0.602. The Bertz CT molecular complexity index is 929. The molecule has 1 amide bonds. The van der Waals surface area contributed by atoms with Crippen molar-refractivity contribution in [2.24, 2.45) is 0 Å². The second-order valence-corrected chi connectivity index (χ2v) is 7.66. The molecule has 0 bridgehead atoms. The van der Waals surface area contributed by atoms with Crippen molar-refractivity contribution in [3.63, 3.8) is 0 Å². The third-order valence-corrected chi connectivity index (χ3v) is 5.62. The number of nitrogens with one attached hydrogen (secondary N) is 1. The molecule has 0 saturated carbocycles. The zero-order valence-corrected chi connectivity index (χ0v) is 15.0. The quantitative estimate of drug-likeness (QED) is 0.447. The van der Waals surface area contributed by atoms with Gasteiger partial charge in [0.2, 0.25) is 0 Å². The number of halogens is 1. The normalized spacial score (nSPS) is 10.4. The molecule has 25 heavy (non-hydrogen) atoms. The molecule has 0 aliphatic carbocycles. The average Bonchev–Trinajstić information content (AvgIpc) is 3.00. The molecular weight excluding hydrogens is 380 g/mol. The van der Waals surface area contributed by atoms with Crippen molar-refractivity contribution < 1.29 is 9.72 Å². The van der Waals surface area contributed by atoms with Gasteiger partial charge in [-0.3, -0.25) is 14.9 Å². The van der Waals surface area contributed by atoms with Crippen LogP contribution >= 0.6 is 34.7 Å². The van der Waals surface area contributed by atoms with Crippen molar-refractivity contribution in [2.45, 2.75) is 9.79 Å². The van der Waals surface area contributed by atoms with E-state index in [1.165, 1.54) is 17.8 Å². The number of anilines is 1. The molecule has 0 saturated heterocycles. The predicted molar refractivity (Wildman–Crippen MR) is 101 cm³/mol. The molecule has 3 rings (SSSR count). The van der Waals surface area contributed by atoms with Crippen LogP contribution in [0, 0.1) is 10.1 Å². The monoisotopic (exact) mass is 390 g/mol.